The maximum absolute atomic E-state index is 14.1. The van der Waals surface area contributed by atoms with Gasteiger partial charge < -0.3 is 4.57 Å². The van der Waals surface area contributed by atoms with Gasteiger partial charge in [0.15, 0.2) is 0 Å². The number of hydrogen-bond acceptors (Lipinski definition) is 3. The largest absolute Gasteiger partial charge is 0.346 e. The Bertz CT molecular complexity index is 1550. The molecule has 0 aliphatic heterocycles. The molecule has 35 heavy (non-hydrogen) atoms. The van der Waals surface area contributed by atoms with E-state index in [1.54, 1.807) is 22.6 Å². The van der Waals surface area contributed by atoms with E-state index >= 15 is 0 Å². The van der Waals surface area contributed by atoms with Crippen LogP contribution in [0.5, 0.6) is 0 Å². The van der Waals surface area contributed by atoms with Gasteiger partial charge >= 0.3 is 0 Å². The Kier molecular flexibility index (Phi) is 6.49. The summed E-state index contributed by atoms with van der Waals surface area (Å²) in [6, 6.07) is 31.0. The molecule has 176 valence electrons. The van der Waals surface area contributed by atoms with E-state index < -0.39 is 10.0 Å². The van der Waals surface area contributed by atoms with Crippen LogP contribution in [0.25, 0.3) is 10.9 Å². The van der Waals surface area contributed by atoms with Gasteiger partial charge in [0.2, 0.25) is 10.0 Å². The van der Waals surface area contributed by atoms with Gasteiger partial charge in [0.05, 0.1) is 12.1 Å². The quantitative estimate of drug-likeness (QED) is 0.282. The number of hydrogen-bond donors (Lipinski definition) is 0. The number of para-hydroxylation sites is 1. The summed E-state index contributed by atoms with van der Waals surface area (Å²) in [6.07, 6.45) is 3.64. The summed E-state index contributed by atoms with van der Waals surface area (Å²) in [5, 5.41) is 0.802. The van der Waals surface area contributed by atoms with E-state index in [0.29, 0.717) is 12.1 Å². The summed E-state index contributed by atoms with van der Waals surface area (Å²) in [7, 11) is -3.84. The molecule has 6 heteroatoms. The lowest BCUT2D eigenvalue weighted by atomic mass is 10.1. The molecule has 0 aliphatic carbocycles. The molecule has 0 atom stereocenters. The fourth-order valence-electron chi connectivity index (χ4n) is 4.34. The van der Waals surface area contributed by atoms with Crippen molar-refractivity contribution in [2.45, 2.75) is 31.5 Å². The van der Waals surface area contributed by atoms with Crippen LogP contribution in [0.3, 0.4) is 0 Å². The zero-order valence-electron chi connectivity index (χ0n) is 19.6. The van der Waals surface area contributed by atoms with E-state index in [9.17, 15) is 8.42 Å². The molecule has 5 aromatic rings. The molecule has 0 N–H and O–H groups in total. The molecule has 0 unspecified atom stereocenters. The van der Waals surface area contributed by atoms with Gasteiger partial charge in [-0.3, -0.25) is 4.98 Å². The molecular weight excluding hydrogens is 454 g/mol. The topological polar surface area (TPSA) is 55.2 Å². The van der Waals surface area contributed by atoms with Crippen molar-refractivity contribution >= 4 is 20.9 Å². The van der Waals surface area contributed by atoms with Crippen molar-refractivity contribution in [3.8, 4) is 0 Å². The Morgan fingerprint density at radius 1 is 0.800 bits per heavy atom. The highest BCUT2D eigenvalue weighted by Gasteiger charge is 2.28. The highest BCUT2D eigenvalue weighted by molar-refractivity contribution is 7.89. The van der Waals surface area contributed by atoms with Gasteiger partial charge in [-0.05, 0) is 47.9 Å². The van der Waals surface area contributed by atoms with Crippen molar-refractivity contribution in [1.82, 2.24) is 13.9 Å². The van der Waals surface area contributed by atoms with Gasteiger partial charge in [-0.1, -0.05) is 72.8 Å². The normalized spacial score (nSPS) is 11.8. The van der Waals surface area contributed by atoms with Gasteiger partial charge in [0.1, 0.15) is 4.90 Å². The van der Waals surface area contributed by atoms with E-state index in [2.05, 4.69) is 28.6 Å². The first-order valence-electron chi connectivity index (χ1n) is 11.6. The summed E-state index contributed by atoms with van der Waals surface area (Å²) < 4.78 is 31.8. The van der Waals surface area contributed by atoms with Gasteiger partial charge in [-0.15, -0.1) is 0 Å². The van der Waals surface area contributed by atoms with Gasteiger partial charge in [-0.25, -0.2) is 8.42 Å². The first kappa shape index (κ1) is 23.0. The third kappa shape index (κ3) is 4.90. The number of pyridine rings is 1. The summed E-state index contributed by atoms with van der Waals surface area (Å²) >= 11 is 0. The average Bonchev–Trinajstić information content (AvgIpc) is 3.32. The van der Waals surface area contributed by atoms with E-state index in [4.69, 9.17) is 0 Å². The minimum Gasteiger partial charge on any atom is -0.346 e. The summed E-state index contributed by atoms with van der Waals surface area (Å²) in [5.74, 6) is 0. The van der Waals surface area contributed by atoms with Gasteiger partial charge in [0, 0.05) is 36.6 Å². The number of aromatic nitrogens is 2. The fraction of sp³-hybridized carbons (Fsp3) is 0.138. The first-order valence-corrected chi connectivity index (χ1v) is 13.0. The molecule has 0 saturated carbocycles. The Labute approximate surface area is 206 Å². The molecule has 0 radical (unpaired) electrons. The van der Waals surface area contributed by atoms with Crippen molar-refractivity contribution in [3.63, 3.8) is 0 Å². The van der Waals surface area contributed by atoms with Crippen LogP contribution in [-0.2, 0) is 29.7 Å². The van der Waals surface area contributed by atoms with E-state index in [-0.39, 0.29) is 18.0 Å². The standard InChI is InChI=1S/C29H27N3O2S/c1-23-10-5-6-13-26(23)21-31-19-9-16-27(31)22-32(20-24-11-3-2-4-12-24)35(33,34)28-17-7-14-25-15-8-18-30-29(25)28/h2-19H,20-22H2,1H3. The van der Waals surface area contributed by atoms with Crippen molar-refractivity contribution in [2.24, 2.45) is 0 Å². The van der Waals surface area contributed by atoms with E-state index in [1.807, 2.05) is 79.0 Å². The highest BCUT2D eigenvalue weighted by Crippen LogP contribution is 2.27. The van der Waals surface area contributed by atoms with Crippen LogP contribution in [0.4, 0.5) is 0 Å². The lowest BCUT2D eigenvalue weighted by Gasteiger charge is -2.24. The summed E-state index contributed by atoms with van der Waals surface area (Å²) in [5.41, 5.74) is 4.77. The molecule has 0 bridgehead atoms. The monoisotopic (exact) mass is 481 g/mol. The van der Waals surface area contributed by atoms with Crippen LogP contribution in [-0.4, -0.2) is 22.3 Å². The predicted molar refractivity (Wildman–Crippen MR) is 139 cm³/mol. The zero-order chi connectivity index (χ0) is 24.3. The third-order valence-electron chi connectivity index (χ3n) is 6.28. The van der Waals surface area contributed by atoms with Crippen molar-refractivity contribution in [2.75, 3.05) is 0 Å². The second kappa shape index (κ2) is 9.86. The molecule has 0 saturated heterocycles. The van der Waals surface area contributed by atoms with Crippen LogP contribution < -0.4 is 0 Å². The van der Waals surface area contributed by atoms with Gasteiger partial charge in [0.25, 0.3) is 0 Å². The maximum atomic E-state index is 14.1. The van der Waals surface area contributed by atoms with Crippen LogP contribution in [0, 0.1) is 6.92 Å². The zero-order valence-corrected chi connectivity index (χ0v) is 20.4. The SMILES string of the molecule is Cc1ccccc1Cn1cccc1CN(Cc1ccccc1)S(=O)(=O)c1cccc2cccnc12. The molecule has 0 amide bonds. The highest BCUT2D eigenvalue weighted by atomic mass is 32.2. The number of rotatable bonds is 8. The molecule has 2 heterocycles. The molecule has 2 aromatic heterocycles. The Hall–Kier alpha value is -3.74. The molecule has 5 rings (SSSR count). The molecule has 0 fully saturated rings. The minimum absolute atomic E-state index is 0.226. The second-order valence-corrected chi connectivity index (χ2v) is 10.6. The first-order chi connectivity index (χ1) is 17.0. The number of sulfonamides is 1. The fourth-order valence-corrected chi connectivity index (χ4v) is 5.90. The van der Waals surface area contributed by atoms with Crippen LogP contribution in [0.1, 0.15) is 22.4 Å². The molecule has 5 nitrogen and oxygen atoms in total. The molecule has 3 aromatic carbocycles. The molecular formula is C29H27N3O2S. The Morgan fingerprint density at radius 2 is 1.57 bits per heavy atom. The average molecular weight is 482 g/mol. The number of nitrogens with zero attached hydrogens (tertiary/aromatic N) is 3. The van der Waals surface area contributed by atoms with Crippen LogP contribution >= 0.6 is 0 Å². The van der Waals surface area contributed by atoms with Crippen molar-refractivity contribution in [3.05, 3.63) is 132 Å². The van der Waals surface area contributed by atoms with Crippen LogP contribution in [0.2, 0.25) is 0 Å². The number of aryl methyl sites for hydroxylation is 1. The second-order valence-electron chi connectivity index (χ2n) is 8.64. The summed E-state index contributed by atoms with van der Waals surface area (Å²) in [4.78, 5) is 4.63. The van der Waals surface area contributed by atoms with Crippen LogP contribution in [0.15, 0.2) is 114 Å². The van der Waals surface area contributed by atoms with Crippen molar-refractivity contribution < 1.29 is 8.42 Å². The maximum Gasteiger partial charge on any atom is 0.245 e. The Balaban J connectivity index is 1.54. The lowest BCUT2D eigenvalue weighted by Crippen LogP contribution is -2.31. The van der Waals surface area contributed by atoms with E-state index in [1.165, 1.54) is 11.1 Å². The summed E-state index contributed by atoms with van der Waals surface area (Å²) in [6.45, 7) is 3.30. The number of fused-ring (bicyclic) bond motifs is 1. The molecule has 0 aliphatic rings. The minimum atomic E-state index is -3.84. The number of benzene rings is 3. The smallest absolute Gasteiger partial charge is 0.245 e. The van der Waals surface area contributed by atoms with Crippen molar-refractivity contribution in [1.29, 1.82) is 0 Å². The molecule has 0 spiro atoms. The van der Waals surface area contributed by atoms with Gasteiger partial charge in [-0.2, -0.15) is 4.31 Å². The van der Waals surface area contributed by atoms with E-state index in [0.717, 1.165) is 16.6 Å². The lowest BCUT2D eigenvalue weighted by molar-refractivity contribution is 0.391. The predicted octanol–water partition coefficient (Wildman–Crippen LogP) is 5.78. The Morgan fingerprint density at radius 3 is 2.40 bits per heavy atom. The third-order valence-corrected chi connectivity index (χ3v) is 8.10.